The lowest BCUT2D eigenvalue weighted by Gasteiger charge is -2.22. The van der Waals surface area contributed by atoms with Crippen molar-refractivity contribution < 1.29 is 9.90 Å². The smallest absolute Gasteiger partial charge is 0.139 e. The van der Waals surface area contributed by atoms with Gasteiger partial charge in [0.1, 0.15) is 6.29 Å². The Morgan fingerprint density at radius 2 is 2.23 bits per heavy atom. The van der Waals surface area contributed by atoms with E-state index in [4.69, 9.17) is 0 Å². The van der Waals surface area contributed by atoms with Crippen molar-refractivity contribution in [3.8, 4) is 0 Å². The van der Waals surface area contributed by atoms with Crippen LogP contribution in [0, 0.1) is 5.92 Å². The fourth-order valence-corrected chi connectivity index (χ4v) is 1.88. The number of aliphatic hydroxyl groups is 1. The van der Waals surface area contributed by atoms with E-state index < -0.39 is 12.1 Å². The zero-order valence-electron chi connectivity index (χ0n) is 8.49. The van der Waals surface area contributed by atoms with Crippen molar-refractivity contribution in [1.82, 2.24) is 5.32 Å². The van der Waals surface area contributed by atoms with E-state index in [1.54, 1.807) is 18.8 Å². The largest absolute Gasteiger partial charge is 0.391 e. The van der Waals surface area contributed by atoms with Gasteiger partial charge in [-0.2, -0.15) is 11.8 Å². The van der Waals surface area contributed by atoms with E-state index in [1.165, 1.54) is 0 Å². The normalized spacial score (nSPS) is 17.8. The fraction of sp³-hybridized carbons (Fsp3) is 0.889. The SMILES string of the molecule is CCSC[C@@H](C)C(O)[C@@H](C=O)NC. The minimum Gasteiger partial charge on any atom is -0.391 e. The van der Waals surface area contributed by atoms with Gasteiger partial charge in [-0.05, 0) is 24.5 Å². The van der Waals surface area contributed by atoms with Gasteiger partial charge in [-0.15, -0.1) is 0 Å². The predicted octanol–water partition coefficient (Wildman–Crippen LogP) is 0.523. The second kappa shape index (κ2) is 7.35. The van der Waals surface area contributed by atoms with E-state index in [0.717, 1.165) is 17.8 Å². The van der Waals surface area contributed by atoms with Gasteiger partial charge in [0, 0.05) is 0 Å². The van der Waals surface area contributed by atoms with Crippen LogP contribution >= 0.6 is 11.8 Å². The molecule has 0 saturated carbocycles. The van der Waals surface area contributed by atoms with Gasteiger partial charge in [0.2, 0.25) is 0 Å². The molecular weight excluding hydrogens is 186 g/mol. The molecule has 1 unspecified atom stereocenters. The van der Waals surface area contributed by atoms with E-state index >= 15 is 0 Å². The van der Waals surface area contributed by atoms with Crippen molar-refractivity contribution in [2.24, 2.45) is 5.92 Å². The van der Waals surface area contributed by atoms with Crippen LogP contribution in [0.3, 0.4) is 0 Å². The van der Waals surface area contributed by atoms with Crippen LogP contribution in [0.15, 0.2) is 0 Å². The van der Waals surface area contributed by atoms with E-state index in [-0.39, 0.29) is 5.92 Å². The standard InChI is InChI=1S/C9H19NO2S/c1-4-13-6-7(2)9(12)8(5-11)10-3/h5,7-10,12H,4,6H2,1-3H3/t7-,8-,9?/m1/s1. The van der Waals surface area contributed by atoms with Crippen LogP contribution in [0.4, 0.5) is 0 Å². The number of hydrogen-bond acceptors (Lipinski definition) is 4. The van der Waals surface area contributed by atoms with Crippen LogP contribution in [0.5, 0.6) is 0 Å². The molecule has 3 atom stereocenters. The molecule has 0 aromatic carbocycles. The molecule has 0 aliphatic rings. The van der Waals surface area contributed by atoms with Crippen LogP contribution in [0.1, 0.15) is 13.8 Å². The average Bonchev–Trinajstić information content (AvgIpc) is 2.15. The molecule has 0 spiro atoms. The Bertz CT molecular complexity index is 144. The molecule has 3 nitrogen and oxygen atoms in total. The highest BCUT2D eigenvalue weighted by atomic mass is 32.2. The summed E-state index contributed by atoms with van der Waals surface area (Å²) in [5.74, 6) is 2.08. The van der Waals surface area contributed by atoms with Gasteiger partial charge in [0.25, 0.3) is 0 Å². The first-order valence-corrected chi connectivity index (χ1v) is 5.71. The molecule has 0 aromatic heterocycles. The van der Waals surface area contributed by atoms with Crippen molar-refractivity contribution in [1.29, 1.82) is 0 Å². The second-order valence-corrected chi connectivity index (χ2v) is 4.40. The van der Waals surface area contributed by atoms with Crippen molar-refractivity contribution in [2.45, 2.75) is 26.0 Å². The lowest BCUT2D eigenvalue weighted by Crippen LogP contribution is -2.43. The van der Waals surface area contributed by atoms with Crippen molar-refractivity contribution in [3.63, 3.8) is 0 Å². The molecule has 0 aliphatic carbocycles. The van der Waals surface area contributed by atoms with Gasteiger partial charge >= 0.3 is 0 Å². The third-order valence-corrected chi connectivity index (χ3v) is 3.19. The molecule has 0 bridgehead atoms. The maximum atomic E-state index is 10.5. The van der Waals surface area contributed by atoms with Crippen LogP contribution in [-0.4, -0.2) is 42.1 Å². The number of likely N-dealkylation sites (N-methyl/N-ethyl adjacent to an activating group) is 1. The van der Waals surface area contributed by atoms with E-state index in [2.05, 4.69) is 12.2 Å². The van der Waals surface area contributed by atoms with Gasteiger partial charge in [0.05, 0.1) is 12.1 Å². The third kappa shape index (κ3) is 4.64. The number of thioether (sulfide) groups is 1. The van der Waals surface area contributed by atoms with Crippen LogP contribution < -0.4 is 5.32 Å². The second-order valence-electron chi connectivity index (χ2n) is 3.08. The molecule has 0 fully saturated rings. The Labute approximate surface area is 84.3 Å². The molecule has 0 aliphatic heterocycles. The zero-order valence-corrected chi connectivity index (χ0v) is 9.30. The predicted molar refractivity (Wildman–Crippen MR) is 57.1 cm³/mol. The summed E-state index contributed by atoms with van der Waals surface area (Å²) in [6.45, 7) is 4.04. The first kappa shape index (κ1) is 12.9. The molecule has 78 valence electrons. The zero-order chi connectivity index (χ0) is 10.3. The molecule has 0 rings (SSSR count). The summed E-state index contributed by atoms with van der Waals surface area (Å²) in [4.78, 5) is 10.5. The Hall–Kier alpha value is -0.0600. The van der Waals surface area contributed by atoms with Crippen LogP contribution in [-0.2, 0) is 4.79 Å². The van der Waals surface area contributed by atoms with Gasteiger partial charge in [-0.1, -0.05) is 13.8 Å². The maximum Gasteiger partial charge on any atom is 0.139 e. The molecule has 2 N–H and O–H groups in total. The number of nitrogens with one attached hydrogen (secondary N) is 1. The molecule has 4 heteroatoms. The van der Waals surface area contributed by atoms with E-state index in [0.29, 0.717) is 0 Å². The maximum absolute atomic E-state index is 10.5. The van der Waals surface area contributed by atoms with Crippen LogP contribution in [0.25, 0.3) is 0 Å². The number of rotatable bonds is 7. The highest BCUT2D eigenvalue weighted by Gasteiger charge is 2.22. The molecule has 0 amide bonds. The first-order valence-electron chi connectivity index (χ1n) is 4.55. The lowest BCUT2D eigenvalue weighted by atomic mass is 10.0. The Morgan fingerprint density at radius 1 is 1.62 bits per heavy atom. The highest BCUT2D eigenvalue weighted by molar-refractivity contribution is 7.99. The van der Waals surface area contributed by atoms with Gasteiger partial charge in [-0.3, -0.25) is 0 Å². The molecule has 13 heavy (non-hydrogen) atoms. The topological polar surface area (TPSA) is 49.3 Å². The number of aliphatic hydroxyl groups excluding tert-OH is 1. The number of aldehydes is 1. The molecule has 0 saturated heterocycles. The third-order valence-electron chi connectivity index (χ3n) is 2.02. The quantitative estimate of drug-likeness (QED) is 0.595. The fourth-order valence-electron chi connectivity index (χ4n) is 1.08. The summed E-state index contributed by atoms with van der Waals surface area (Å²) >= 11 is 1.78. The van der Waals surface area contributed by atoms with Gasteiger partial charge in [-0.25, -0.2) is 0 Å². The molecule has 0 radical (unpaired) electrons. The summed E-state index contributed by atoms with van der Waals surface area (Å²) < 4.78 is 0. The summed E-state index contributed by atoms with van der Waals surface area (Å²) in [7, 11) is 1.68. The number of hydrogen-bond donors (Lipinski definition) is 2. The van der Waals surface area contributed by atoms with Crippen molar-refractivity contribution in [2.75, 3.05) is 18.6 Å². The van der Waals surface area contributed by atoms with E-state index in [1.807, 2.05) is 6.92 Å². The van der Waals surface area contributed by atoms with Crippen LogP contribution in [0.2, 0.25) is 0 Å². The molecule has 0 heterocycles. The van der Waals surface area contributed by atoms with E-state index in [9.17, 15) is 9.90 Å². The number of carbonyl (C=O) groups excluding carboxylic acids is 1. The summed E-state index contributed by atoms with van der Waals surface area (Å²) in [6.07, 6.45) is 0.180. The van der Waals surface area contributed by atoms with Crippen molar-refractivity contribution in [3.05, 3.63) is 0 Å². The van der Waals surface area contributed by atoms with Gasteiger partial charge < -0.3 is 15.2 Å². The Balaban J connectivity index is 3.90. The summed E-state index contributed by atoms with van der Waals surface area (Å²) in [5.41, 5.74) is 0. The first-order chi connectivity index (χ1) is 6.17. The summed E-state index contributed by atoms with van der Waals surface area (Å²) in [6, 6.07) is -0.438. The Morgan fingerprint density at radius 3 is 2.62 bits per heavy atom. The number of carbonyl (C=O) groups is 1. The van der Waals surface area contributed by atoms with Crippen molar-refractivity contribution >= 4 is 18.0 Å². The Kier molecular flexibility index (Phi) is 7.32. The lowest BCUT2D eigenvalue weighted by molar-refractivity contribution is -0.112. The minimum absolute atomic E-state index is 0.146. The molecule has 0 aromatic rings. The monoisotopic (exact) mass is 205 g/mol. The summed E-state index contributed by atoms with van der Waals surface area (Å²) in [5, 5.41) is 12.5. The highest BCUT2D eigenvalue weighted by Crippen LogP contribution is 2.13. The molecular formula is C9H19NO2S. The minimum atomic E-state index is -0.582. The van der Waals surface area contributed by atoms with Gasteiger partial charge in [0.15, 0.2) is 0 Å². The average molecular weight is 205 g/mol.